The number of nitrogens with one attached hydrogen (secondary N) is 2. The molecule has 0 bridgehead atoms. The fourth-order valence-corrected chi connectivity index (χ4v) is 1.50. The standard InChI is InChI=1S/C13H19N3O4/c1-19-8-12(17)15-9-3-5-10(6-4-9)16-13(18)11(7-14)20-2/h3-6,11H,7-8,14H2,1-2H3,(H,15,17)(H,16,18). The molecule has 110 valence electrons. The van der Waals surface area contributed by atoms with Crippen molar-refractivity contribution >= 4 is 23.2 Å². The van der Waals surface area contributed by atoms with Gasteiger partial charge in [0.2, 0.25) is 5.91 Å². The lowest BCUT2D eigenvalue weighted by atomic mass is 10.2. The van der Waals surface area contributed by atoms with E-state index in [9.17, 15) is 9.59 Å². The van der Waals surface area contributed by atoms with Crippen molar-refractivity contribution in [2.75, 3.05) is 38.0 Å². The normalized spacial score (nSPS) is 11.8. The number of benzene rings is 1. The van der Waals surface area contributed by atoms with Crippen molar-refractivity contribution in [3.63, 3.8) is 0 Å². The van der Waals surface area contributed by atoms with Gasteiger partial charge in [0, 0.05) is 32.1 Å². The van der Waals surface area contributed by atoms with Crippen LogP contribution in [0.4, 0.5) is 11.4 Å². The summed E-state index contributed by atoms with van der Waals surface area (Å²) < 4.78 is 9.64. The first kappa shape index (κ1) is 16.1. The molecule has 0 heterocycles. The third-order valence-corrected chi connectivity index (χ3v) is 2.50. The van der Waals surface area contributed by atoms with E-state index < -0.39 is 6.10 Å². The predicted molar refractivity (Wildman–Crippen MR) is 75.4 cm³/mol. The fraction of sp³-hybridized carbons (Fsp3) is 0.385. The molecule has 0 aliphatic rings. The number of rotatable bonds is 7. The topological polar surface area (TPSA) is 103 Å². The molecule has 0 radical (unpaired) electrons. The van der Waals surface area contributed by atoms with Crippen molar-refractivity contribution < 1.29 is 19.1 Å². The molecule has 0 fully saturated rings. The van der Waals surface area contributed by atoms with E-state index in [4.69, 9.17) is 15.2 Å². The Labute approximate surface area is 117 Å². The maximum absolute atomic E-state index is 11.7. The van der Waals surface area contributed by atoms with Crippen LogP contribution in [0, 0.1) is 0 Å². The van der Waals surface area contributed by atoms with Crippen LogP contribution >= 0.6 is 0 Å². The molecule has 7 nitrogen and oxygen atoms in total. The molecule has 0 aliphatic carbocycles. The number of nitrogens with two attached hydrogens (primary N) is 1. The molecule has 0 saturated heterocycles. The fourth-order valence-electron chi connectivity index (χ4n) is 1.50. The van der Waals surface area contributed by atoms with E-state index in [0.717, 1.165) is 0 Å². The molecule has 1 atom stereocenters. The molecular weight excluding hydrogens is 262 g/mol. The lowest BCUT2D eigenvalue weighted by Gasteiger charge is -2.13. The average Bonchev–Trinajstić information content (AvgIpc) is 2.42. The average molecular weight is 281 g/mol. The Hall–Kier alpha value is -1.96. The summed E-state index contributed by atoms with van der Waals surface area (Å²) in [6.07, 6.45) is -0.684. The number of carbonyl (C=O) groups excluding carboxylic acids is 2. The molecule has 1 unspecified atom stereocenters. The molecular formula is C13H19N3O4. The molecule has 1 aromatic rings. The molecule has 1 aromatic carbocycles. The minimum Gasteiger partial charge on any atom is -0.375 e. The van der Waals surface area contributed by atoms with Crippen molar-refractivity contribution in [2.45, 2.75) is 6.10 Å². The third kappa shape index (κ3) is 4.96. The molecule has 0 aromatic heterocycles. The van der Waals surface area contributed by atoms with Crippen LogP contribution in [0.25, 0.3) is 0 Å². The first-order valence-electron chi connectivity index (χ1n) is 6.03. The van der Waals surface area contributed by atoms with Gasteiger partial charge >= 0.3 is 0 Å². The van der Waals surface area contributed by atoms with Gasteiger partial charge < -0.3 is 25.8 Å². The first-order valence-corrected chi connectivity index (χ1v) is 6.03. The highest BCUT2D eigenvalue weighted by atomic mass is 16.5. The van der Waals surface area contributed by atoms with E-state index in [0.29, 0.717) is 11.4 Å². The Morgan fingerprint density at radius 3 is 2.15 bits per heavy atom. The summed E-state index contributed by atoms with van der Waals surface area (Å²) in [5.41, 5.74) is 6.61. The summed E-state index contributed by atoms with van der Waals surface area (Å²) in [5, 5.41) is 5.32. The van der Waals surface area contributed by atoms with Crippen molar-refractivity contribution in [3.05, 3.63) is 24.3 Å². The van der Waals surface area contributed by atoms with Crippen molar-refractivity contribution in [1.82, 2.24) is 0 Å². The van der Waals surface area contributed by atoms with Crippen LogP contribution in [-0.4, -0.2) is 45.3 Å². The van der Waals surface area contributed by atoms with Gasteiger partial charge in [0.05, 0.1) is 0 Å². The molecule has 20 heavy (non-hydrogen) atoms. The van der Waals surface area contributed by atoms with Gasteiger partial charge in [0.1, 0.15) is 12.7 Å². The molecule has 0 spiro atoms. The summed E-state index contributed by atoms with van der Waals surface area (Å²) in [6.45, 7) is 0.0952. The second-order valence-electron chi connectivity index (χ2n) is 4.01. The highest BCUT2D eigenvalue weighted by molar-refractivity contribution is 5.95. The highest BCUT2D eigenvalue weighted by Gasteiger charge is 2.15. The van der Waals surface area contributed by atoms with Crippen LogP contribution in [0.2, 0.25) is 0 Å². The number of hydrogen-bond donors (Lipinski definition) is 3. The van der Waals surface area contributed by atoms with Gasteiger partial charge in [0.15, 0.2) is 0 Å². The van der Waals surface area contributed by atoms with Gasteiger partial charge in [-0.15, -0.1) is 0 Å². The zero-order valence-electron chi connectivity index (χ0n) is 11.5. The molecule has 4 N–H and O–H groups in total. The summed E-state index contributed by atoms with van der Waals surface area (Å²) >= 11 is 0. The smallest absolute Gasteiger partial charge is 0.254 e. The Kier molecular flexibility index (Phi) is 6.65. The number of ether oxygens (including phenoxy) is 2. The van der Waals surface area contributed by atoms with Crippen molar-refractivity contribution in [1.29, 1.82) is 0 Å². The summed E-state index contributed by atoms with van der Waals surface area (Å²) in [6, 6.07) is 6.69. The molecule has 0 aliphatic heterocycles. The lowest BCUT2D eigenvalue weighted by molar-refractivity contribution is -0.125. The van der Waals surface area contributed by atoms with Crippen molar-refractivity contribution in [3.8, 4) is 0 Å². The van der Waals surface area contributed by atoms with Gasteiger partial charge in [-0.25, -0.2) is 0 Å². The Morgan fingerprint density at radius 2 is 1.70 bits per heavy atom. The number of carbonyl (C=O) groups is 2. The van der Waals surface area contributed by atoms with E-state index in [1.54, 1.807) is 24.3 Å². The van der Waals surface area contributed by atoms with Gasteiger partial charge in [-0.2, -0.15) is 0 Å². The Bertz CT molecular complexity index is 443. The van der Waals surface area contributed by atoms with Gasteiger partial charge in [-0.3, -0.25) is 9.59 Å². The van der Waals surface area contributed by atoms with E-state index in [2.05, 4.69) is 10.6 Å². The number of anilines is 2. The molecule has 2 amide bonds. The zero-order chi connectivity index (χ0) is 15.0. The maximum atomic E-state index is 11.7. The maximum Gasteiger partial charge on any atom is 0.254 e. The highest BCUT2D eigenvalue weighted by Crippen LogP contribution is 2.14. The van der Waals surface area contributed by atoms with E-state index in [1.807, 2.05) is 0 Å². The molecule has 1 rings (SSSR count). The van der Waals surface area contributed by atoms with Crippen LogP contribution in [0.1, 0.15) is 0 Å². The van der Waals surface area contributed by atoms with Crippen LogP contribution in [0.3, 0.4) is 0 Å². The summed E-state index contributed by atoms with van der Waals surface area (Å²) in [7, 11) is 2.87. The van der Waals surface area contributed by atoms with Crippen LogP contribution in [0.15, 0.2) is 24.3 Å². The Morgan fingerprint density at radius 1 is 1.15 bits per heavy atom. The first-order chi connectivity index (χ1) is 9.60. The minimum absolute atomic E-state index is 0.00942. The molecule has 7 heteroatoms. The number of methoxy groups -OCH3 is 2. The van der Waals surface area contributed by atoms with Crippen LogP contribution in [-0.2, 0) is 19.1 Å². The second kappa shape index (κ2) is 8.26. The van der Waals surface area contributed by atoms with Crippen LogP contribution in [0.5, 0.6) is 0 Å². The summed E-state index contributed by atoms with van der Waals surface area (Å²) in [4.78, 5) is 23.0. The number of hydrogen-bond acceptors (Lipinski definition) is 5. The van der Waals surface area contributed by atoms with Gasteiger partial charge in [-0.05, 0) is 24.3 Å². The Balaban J connectivity index is 2.58. The largest absolute Gasteiger partial charge is 0.375 e. The van der Waals surface area contributed by atoms with Gasteiger partial charge in [0.25, 0.3) is 5.91 Å². The number of amides is 2. The second-order valence-corrected chi connectivity index (χ2v) is 4.01. The van der Waals surface area contributed by atoms with E-state index in [-0.39, 0.29) is 25.0 Å². The van der Waals surface area contributed by atoms with Crippen molar-refractivity contribution in [2.24, 2.45) is 5.73 Å². The minimum atomic E-state index is -0.684. The van der Waals surface area contributed by atoms with E-state index in [1.165, 1.54) is 14.2 Å². The quantitative estimate of drug-likeness (QED) is 0.662. The zero-order valence-corrected chi connectivity index (χ0v) is 11.5. The molecule has 0 saturated carbocycles. The van der Waals surface area contributed by atoms with Crippen LogP contribution < -0.4 is 16.4 Å². The van der Waals surface area contributed by atoms with Gasteiger partial charge in [-0.1, -0.05) is 0 Å². The third-order valence-electron chi connectivity index (χ3n) is 2.50. The monoisotopic (exact) mass is 281 g/mol. The lowest BCUT2D eigenvalue weighted by Crippen LogP contribution is -2.35. The summed E-state index contributed by atoms with van der Waals surface area (Å²) in [5.74, 6) is -0.557. The van der Waals surface area contributed by atoms with E-state index >= 15 is 0 Å². The SMILES string of the molecule is COCC(=O)Nc1ccc(NC(=O)C(CN)OC)cc1. The predicted octanol–water partition coefficient (Wildman–Crippen LogP) is 0.184.